The number of piperidine rings is 1. The van der Waals surface area contributed by atoms with Gasteiger partial charge in [-0.3, -0.25) is 0 Å². The molecule has 0 N–H and O–H groups in total. The topological polar surface area (TPSA) is 59.5 Å². The molecule has 1 fully saturated rings. The summed E-state index contributed by atoms with van der Waals surface area (Å²) in [6, 6.07) is 13.1. The Morgan fingerprint density at radius 1 is 1.03 bits per heavy atom. The molecule has 3 aromatic rings. The van der Waals surface area contributed by atoms with Crippen LogP contribution in [-0.4, -0.2) is 38.9 Å². The highest BCUT2D eigenvalue weighted by Gasteiger charge is 2.32. The van der Waals surface area contributed by atoms with E-state index in [-0.39, 0.29) is 5.25 Å². The van der Waals surface area contributed by atoms with Gasteiger partial charge >= 0.3 is 0 Å². The molecule has 30 heavy (non-hydrogen) atoms. The molecular weight excluding hydrogens is 416 g/mol. The van der Waals surface area contributed by atoms with Gasteiger partial charge in [0.2, 0.25) is 0 Å². The van der Waals surface area contributed by atoms with Gasteiger partial charge in [0.25, 0.3) is 0 Å². The molecule has 0 saturated carbocycles. The number of hydrogen-bond donors (Lipinski definition) is 0. The number of benzene rings is 2. The van der Waals surface area contributed by atoms with Crippen LogP contribution < -0.4 is 9.64 Å². The fourth-order valence-electron chi connectivity index (χ4n) is 3.98. The number of nitrogens with zero attached hydrogens (tertiary/aromatic N) is 2. The number of sulfone groups is 1. The van der Waals surface area contributed by atoms with Gasteiger partial charge in [-0.15, -0.1) is 11.3 Å². The lowest BCUT2D eigenvalue weighted by atomic mass is 10.1. The van der Waals surface area contributed by atoms with Gasteiger partial charge in [-0.2, -0.15) is 0 Å². The molecule has 7 heteroatoms. The number of aromatic nitrogens is 1. The zero-order chi connectivity index (χ0) is 21.3. The van der Waals surface area contributed by atoms with Crippen molar-refractivity contribution in [1.82, 2.24) is 4.98 Å². The van der Waals surface area contributed by atoms with Gasteiger partial charge in [0.15, 0.2) is 15.0 Å². The summed E-state index contributed by atoms with van der Waals surface area (Å²) in [5.41, 5.74) is 4.56. The van der Waals surface area contributed by atoms with Gasteiger partial charge in [-0.25, -0.2) is 13.4 Å². The van der Waals surface area contributed by atoms with E-state index in [1.807, 2.05) is 0 Å². The van der Waals surface area contributed by atoms with Crippen molar-refractivity contribution in [2.75, 3.05) is 25.1 Å². The molecule has 1 aliphatic rings. The number of methoxy groups -OCH3 is 1. The number of thiazole rings is 1. The van der Waals surface area contributed by atoms with Crippen LogP contribution in [0, 0.1) is 13.8 Å². The van der Waals surface area contributed by atoms with E-state index in [0.29, 0.717) is 36.6 Å². The van der Waals surface area contributed by atoms with Crippen molar-refractivity contribution in [2.24, 2.45) is 0 Å². The maximum atomic E-state index is 13.0. The lowest BCUT2D eigenvalue weighted by Crippen LogP contribution is -2.39. The van der Waals surface area contributed by atoms with E-state index in [2.05, 4.69) is 42.3 Å². The quantitative estimate of drug-likeness (QED) is 0.564. The Morgan fingerprint density at radius 2 is 1.67 bits per heavy atom. The van der Waals surface area contributed by atoms with Crippen molar-refractivity contribution < 1.29 is 13.2 Å². The van der Waals surface area contributed by atoms with E-state index >= 15 is 0 Å². The zero-order valence-electron chi connectivity index (χ0n) is 17.5. The van der Waals surface area contributed by atoms with Crippen LogP contribution in [0.3, 0.4) is 0 Å². The SMILES string of the molecule is COc1ccc(S(=O)(=O)C2CCN(c3nc(-c4cc(C)cc(C)c4)cs3)CC2)cc1. The molecule has 2 heterocycles. The second-order valence-corrected chi connectivity index (χ2v) is 10.9. The number of anilines is 1. The predicted molar refractivity (Wildman–Crippen MR) is 122 cm³/mol. The summed E-state index contributed by atoms with van der Waals surface area (Å²) in [7, 11) is -1.77. The van der Waals surface area contributed by atoms with Gasteiger partial charge in [0.05, 0.1) is 22.9 Å². The lowest BCUT2D eigenvalue weighted by Gasteiger charge is -2.31. The normalized spacial score (nSPS) is 15.4. The first kappa shape index (κ1) is 20.9. The van der Waals surface area contributed by atoms with Gasteiger partial charge in [0.1, 0.15) is 5.75 Å². The van der Waals surface area contributed by atoms with Gasteiger partial charge in [-0.05, 0) is 63.1 Å². The summed E-state index contributed by atoms with van der Waals surface area (Å²) >= 11 is 1.62. The summed E-state index contributed by atoms with van der Waals surface area (Å²) < 4.78 is 31.2. The van der Waals surface area contributed by atoms with Crippen LogP contribution in [0.1, 0.15) is 24.0 Å². The van der Waals surface area contributed by atoms with Crippen LogP contribution in [0.5, 0.6) is 5.75 Å². The van der Waals surface area contributed by atoms with Crippen molar-refractivity contribution in [3.8, 4) is 17.0 Å². The zero-order valence-corrected chi connectivity index (χ0v) is 19.1. The molecule has 0 atom stereocenters. The van der Waals surface area contributed by atoms with Gasteiger partial charge < -0.3 is 9.64 Å². The Labute approximate surface area is 182 Å². The largest absolute Gasteiger partial charge is 0.497 e. The van der Waals surface area contributed by atoms with Crippen LogP contribution >= 0.6 is 11.3 Å². The molecule has 0 bridgehead atoms. The van der Waals surface area contributed by atoms with E-state index < -0.39 is 9.84 Å². The predicted octanol–water partition coefficient (Wildman–Crippen LogP) is 4.88. The second kappa shape index (κ2) is 8.40. The Kier molecular flexibility index (Phi) is 5.84. The Morgan fingerprint density at radius 3 is 2.27 bits per heavy atom. The molecule has 0 aliphatic carbocycles. The van der Waals surface area contributed by atoms with Crippen molar-refractivity contribution in [2.45, 2.75) is 36.8 Å². The molecule has 1 aromatic heterocycles. The molecule has 0 amide bonds. The minimum atomic E-state index is -3.34. The Hall–Kier alpha value is -2.38. The van der Waals surface area contributed by atoms with Crippen molar-refractivity contribution in [1.29, 1.82) is 0 Å². The average Bonchev–Trinajstić information content (AvgIpc) is 3.23. The summed E-state index contributed by atoms with van der Waals surface area (Å²) in [4.78, 5) is 7.41. The molecule has 5 nitrogen and oxygen atoms in total. The lowest BCUT2D eigenvalue weighted by molar-refractivity contribution is 0.414. The first-order valence-corrected chi connectivity index (χ1v) is 12.5. The maximum Gasteiger partial charge on any atom is 0.185 e. The van der Waals surface area contributed by atoms with E-state index in [1.54, 1.807) is 42.7 Å². The van der Waals surface area contributed by atoms with Crippen molar-refractivity contribution in [3.63, 3.8) is 0 Å². The Bertz CT molecular complexity index is 1110. The third-order valence-corrected chi connectivity index (χ3v) is 8.73. The second-order valence-electron chi connectivity index (χ2n) is 7.80. The number of ether oxygens (including phenoxy) is 1. The Balaban J connectivity index is 1.45. The first-order chi connectivity index (χ1) is 14.4. The van der Waals surface area contributed by atoms with Crippen LogP contribution in [0.2, 0.25) is 0 Å². The van der Waals surface area contributed by atoms with Crippen LogP contribution in [0.4, 0.5) is 5.13 Å². The van der Waals surface area contributed by atoms with E-state index in [1.165, 1.54) is 11.1 Å². The van der Waals surface area contributed by atoms with Crippen LogP contribution in [-0.2, 0) is 9.84 Å². The molecule has 1 aliphatic heterocycles. The summed E-state index contributed by atoms with van der Waals surface area (Å²) in [6.07, 6.45) is 1.21. The highest BCUT2D eigenvalue weighted by Crippen LogP contribution is 2.32. The molecular formula is C23H26N2O3S2. The van der Waals surface area contributed by atoms with E-state index in [9.17, 15) is 8.42 Å². The van der Waals surface area contributed by atoms with E-state index in [4.69, 9.17) is 9.72 Å². The first-order valence-electron chi connectivity index (χ1n) is 10.0. The van der Waals surface area contributed by atoms with Gasteiger partial charge in [-0.1, -0.05) is 17.2 Å². The molecule has 0 radical (unpaired) electrons. The minimum Gasteiger partial charge on any atom is -0.497 e. The van der Waals surface area contributed by atoms with Crippen molar-refractivity contribution >= 4 is 26.3 Å². The summed E-state index contributed by atoms with van der Waals surface area (Å²) in [5.74, 6) is 0.659. The minimum absolute atomic E-state index is 0.360. The number of aryl methyl sites for hydroxylation is 2. The molecule has 0 unspecified atom stereocenters. The number of hydrogen-bond acceptors (Lipinski definition) is 6. The molecule has 1 saturated heterocycles. The highest BCUT2D eigenvalue weighted by atomic mass is 32.2. The molecule has 158 valence electrons. The fraction of sp³-hybridized carbons (Fsp3) is 0.348. The molecule has 0 spiro atoms. The molecule has 2 aromatic carbocycles. The average molecular weight is 443 g/mol. The van der Waals surface area contributed by atoms with E-state index in [0.717, 1.165) is 16.4 Å². The smallest absolute Gasteiger partial charge is 0.185 e. The van der Waals surface area contributed by atoms with Crippen LogP contribution in [0.15, 0.2) is 52.7 Å². The van der Waals surface area contributed by atoms with Gasteiger partial charge in [0, 0.05) is 24.0 Å². The third kappa shape index (κ3) is 4.23. The monoisotopic (exact) mass is 442 g/mol. The van der Waals surface area contributed by atoms with Crippen molar-refractivity contribution in [3.05, 3.63) is 59.0 Å². The third-order valence-electron chi connectivity index (χ3n) is 5.55. The molecule has 4 rings (SSSR count). The summed E-state index contributed by atoms with van der Waals surface area (Å²) in [6.45, 7) is 5.58. The van der Waals surface area contributed by atoms with Crippen LogP contribution in [0.25, 0.3) is 11.3 Å². The fourth-order valence-corrected chi connectivity index (χ4v) is 6.60. The number of rotatable bonds is 5. The standard InChI is InChI=1S/C23H26N2O3S2/c1-16-12-17(2)14-18(13-16)22-15-29-23(24-22)25-10-8-21(9-11-25)30(26,27)20-6-4-19(28-3)5-7-20/h4-7,12-15,21H,8-11H2,1-3H3. The highest BCUT2D eigenvalue weighted by molar-refractivity contribution is 7.92. The summed E-state index contributed by atoms with van der Waals surface area (Å²) in [5, 5.41) is 2.69. The maximum absolute atomic E-state index is 13.0.